The molecule has 3 saturated heterocycles. The van der Waals surface area contributed by atoms with Crippen molar-refractivity contribution in [3.8, 4) is 29.6 Å². The van der Waals surface area contributed by atoms with Crippen LogP contribution in [0.4, 0.5) is 23.4 Å². The molecular formula is C40H35F4N7O2. The second-order valence-corrected chi connectivity index (χ2v) is 13.9. The Balaban J connectivity index is 1.18. The number of nitrogens with zero attached hydrogens (tertiary/aromatic N) is 7. The first-order valence-electron chi connectivity index (χ1n) is 17.6. The second-order valence-electron chi connectivity index (χ2n) is 13.9. The van der Waals surface area contributed by atoms with Crippen LogP contribution in [0.3, 0.4) is 0 Å². The fourth-order valence-electron chi connectivity index (χ4n) is 8.09. The number of benzene rings is 2. The maximum absolute atomic E-state index is 16.9. The Bertz CT molecular complexity index is 2320. The van der Waals surface area contributed by atoms with Gasteiger partial charge in [-0.15, -0.1) is 6.42 Å². The SMILES string of the molecule is C#Cc1c(F)ccc2cccc(-c3ncc4c(N5CCN(C(=O)/C(F)=C/c6ccccn6)C[C@H]5C)nc(OC[C@@]56CCCN5CC(F)C6)nc4c3F)c12. The molecular weight excluding hydrogens is 686 g/mol. The minimum atomic E-state index is -0.972. The van der Waals surface area contributed by atoms with Crippen molar-refractivity contribution in [2.75, 3.05) is 44.2 Å². The smallest absolute Gasteiger partial charge is 0.319 e. The molecule has 0 radical (unpaired) electrons. The summed E-state index contributed by atoms with van der Waals surface area (Å²) in [7, 11) is 0. The van der Waals surface area contributed by atoms with Gasteiger partial charge in [0.05, 0.1) is 22.2 Å². The van der Waals surface area contributed by atoms with Crippen molar-refractivity contribution in [2.45, 2.75) is 43.9 Å². The molecule has 6 heterocycles. The predicted octanol–water partition coefficient (Wildman–Crippen LogP) is 6.50. The number of hydrogen-bond donors (Lipinski definition) is 0. The number of anilines is 1. The number of pyridine rings is 2. The van der Waals surface area contributed by atoms with Crippen LogP contribution in [-0.4, -0.2) is 92.7 Å². The number of carbonyl (C=O) groups is 1. The number of hydrogen-bond acceptors (Lipinski definition) is 8. The summed E-state index contributed by atoms with van der Waals surface area (Å²) in [6, 6.07) is 12.4. The average molecular weight is 722 g/mol. The highest BCUT2D eigenvalue weighted by Crippen LogP contribution is 2.41. The molecule has 0 aliphatic carbocycles. The van der Waals surface area contributed by atoms with E-state index in [1.807, 2.05) is 11.8 Å². The summed E-state index contributed by atoms with van der Waals surface area (Å²) in [5.74, 6) is -0.389. The molecule has 3 aromatic heterocycles. The molecule has 3 atom stereocenters. The number of alkyl halides is 1. The fourth-order valence-corrected chi connectivity index (χ4v) is 8.09. The molecule has 0 N–H and O–H groups in total. The highest BCUT2D eigenvalue weighted by molar-refractivity contribution is 6.02. The molecule has 8 rings (SSSR count). The van der Waals surface area contributed by atoms with Crippen molar-refractivity contribution in [2.24, 2.45) is 0 Å². The molecule has 9 nitrogen and oxygen atoms in total. The molecule has 13 heteroatoms. The summed E-state index contributed by atoms with van der Waals surface area (Å²) in [4.78, 5) is 36.4. The molecule has 0 spiro atoms. The molecule has 3 aliphatic rings. The first-order chi connectivity index (χ1) is 25.7. The van der Waals surface area contributed by atoms with Crippen molar-refractivity contribution in [1.82, 2.24) is 29.7 Å². The third-order valence-electron chi connectivity index (χ3n) is 10.6. The van der Waals surface area contributed by atoms with E-state index in [1.54, 1.807) is 42.5 Å². The Kier molecular flexibility index (Phi) is 8.94. The first-order valence-corrected chi connectivity index (χ1v) is 17.6. The zero-order chi connectivity index (χ0) is 36.9. The average Bonchev–Trinajstić information content (AvgIpc) is 3.69. The van der Waals surface area contributed by atoms with Crippen molar-refractivity contribution < 1.29 is 27.1 Å². The summed E-state index contributed by atoms with van der Waals surface area (Å²) in [6.45, 7) is 3.59. The maximum atomic E-state index is 16.9. The van der Waals surface area contributed by atoms with Crippen molar-refractivity contribution >= 4 is 39.5 Å². The molecule has 53 heavy (non-hydrogen) atoms. The summed E-state index contributed by atoms with van der Waals surface area (Å²) in [6.07, 6.45) is 10.8. The van der Waals surface area contributed by atoms with Gasteiger partial charge >= 0.3 is 6.01 Å². The van der Waals surface area contributed by atoms with Crippen LogP contribution in [0.5, 0.6) is 6.01 Å². The zero-order valence-electron chi connectivity index (χ0n) is 28.9. The van der Waals surface area contributed by atoms with E-state index < -0.39 is 41.1 Å². The van der Waals surface area contributed by atoms with Crippen LogP contribution in [0.2, 0.25) is 0 Å². The number of piperazine rings is 1. The van der Waals surface area contributed by atoms with Crippen molar-refractivity contribution in [3.05, 3.63) is 89.6 Å². The van der Waals surface area contributed by atoms with Gasteiger partial charge in [-0.25, -0.2) is 17.6 Å². The molecule has 1 amide bonds. The van der Waals surface area contributed by atoms with E-state index in [-0.39, 0.29) is 54.4 Å². The molecule has 0 saturated carbocycles. The number of fused-ring (bicyclic) bond motifs is 3. The van der Waals surface area contributed by atoms with Crippen LogP contribution in [-0.2, 0) is 4.79 Å². The van der Waals surface area contributed by atoms with Gasteiger partial charge in [-0.2, -0.15) is 9.97 Å². The number of rotatable bonds is 7. The zero-order valence-corrected chi connectivity index (χ0v) is 28.9. The molecule has 1 unspecified atom stereocenters. The molecule has 3 aliphatic heterocycles. The lowest BCUT2D eigenvalue weighted by molar-refractivity contribution is -0.129. The van der Waals surface area contributed by atoms with Gasteiger partial charge in [0.15, 0.2) is 11.6 Å². The fraction of sp³-hybridized carbons (Fsp3) is 0.325. The van der Waals surface area contributed by atoms with Crippen LogP contribution in [0.25, 0.3) is 39.0 Å². The number of aromatic nitrogens is 4. The van der Waals surface area contributed by atoms with Gasteiger partial charge in [0.25, 0.3) is 5.91 Å². The summed E-state index contributed by atoms with van der Waals surface area (Å²) < 4.78 is 67.7. The summed E-state index contributed by atoms with van der Waals surface area (Å²) in [5, 5.41) is 1.23. The highest BCUT2D eigenvalue weighted by Gasteiger charge is 2.49. The van der Waals surface area contributed by atoms with Gasteiger partial charge in [0.1, 0.15) is 35.6 Å². The molecule has 270 valence electrons. The van der Waals surface area contributed by atoms with Gasteiger partial charge in [-0.1, -0.05) is 36.3 Å². The number of ether oxygens (including phenoxy) is 1. The Hall–Kier alpha value is -5.61. The molecule has 2 aromatic carbocycles. The Morgan fingerprint density at radius 2 is 1.94 bits per heavy atom. The maximum Gasteiger partial charge on any atom is 0.319 e. The molecule has 5 aromatic rings. The Morgan fingerprint density at radius 1 is 1.08 bits per heavy atom. The quantitative estimate of drug-likeness (QED) is 0.107. The largest absolute Gasteiger partial charge is 0.461 e. The Morgan fingerprint density at radius 3 is 2.74 bits per heavy atom. The van der Waals surface area contributed by atoms with E-state index in [4.69, 9.17) is 16.1 Å². The Labute approximate surface area is 303 Å². The van der Waals surface area contributed by atoms with E-state index >= 15 is 8.78 Å². The minimum absolute atomic E-state index is 0.0116. The minimum Gasteiger partial charge on any atom is -0.461 e. The first kappa shape index (κ1) is 34.5. The summed E-state index contributed by atoms with van der Waals surface area (Å²) in [5.41, 5.74) is -0.0820. The van der Waals surface area contributed by atoms with Gasteiger partial charge in [0, 0.05) is 68.1 Å². The van der Waals surface area contributed by atoms with E-state index in [9.17, 15) is 13.6 Å². The lowest BCUT2D eigenvalue weighted by Gasteiger charge is -2.40. The monoisotopic (exact) mass is 721 g/mol. The van der Waals surface area contributed by atoms with Gasteiger partial charge in [-0.05, 0) is 49.9 Å². The molecule has 3 fully saturated rings. The molecule has 0 bridgehead atoms. The van der Waals surface area contributed by atoms with E-state index in [1.165, 1.54) is 23.4 Å². The van der Waals surface area contributed by atoms with Gasteiger partial charge < -0.3 is 14.5 Å². The van der Waals surface area contributed by atoms with Crippen LogP contribution in [0.15, 0.2) is 66.8 Å². The van der Waals surface area contributed by atoms with E-state index in [0.29, 0.717) is 40.8 Å². The summed E-state index contributed by atoms with van der Waals surface area (Å²) >= 11 is 0. The third kappa shape index (κ3) is 6.20. The second kappa shape index (κ2) is 13.7. The van der Waals surface area contributed by atoms with E-state index in [2.05, 4.69) is 25.8 Å². The lowest BCUT2D eigenvalue weighted by atomic mass is 9.95. The highest BCUT2D eigenvalue weighted by atomic mass is 19.1. The van der Waals surface area contributed by atoms with Crippen LogP contribution < -0.4 is 9.64 Å². The van der Waals surface area contributed by atoms with Crippen LogP contribution in [0.1, 0.15) is 37.4 Å². The van der Waals surface area contributed by atoms with Crippen molar-refractivity contribution in [3.63, 3.8) is 0 Å². The van der Waals surface area contributed by atoms with Gasteiger partial charge in [-0.3, -0.25) is 19.7 Å². The standard InChI is InChI=1S/C40H35F4N7O2/c1-3-28-31(42)12-11-25-8-6-10-29(33(25)28)35-34(44)36-30(20-46-35)37(48-39(47-36)53-23-40-13-7-15-50(40)22-26(41)19-40)51-17-16-49(21-24(51)2)38(52)32(43)18-27-9-4-5-14-45-27/h1,4-6,8-12,14,18,20,24,26H,7,13,15-17,19,21-23H2,2H3/b32-18-/t24-,26?,40+/m1/s1. The third-order valence-corrected chi connectivity index (χ3v) is 10.6. The van der Waals surface area contributed by atoms with Crippen LogP contribution >= 0.6 is 0 Å². The van der Waals surface area contributed by atoms with E-state index in [0.717, 1.165) is 25.5 Å². The number of terminal acetylenes is 1. The normalized spacial score (nSPS) is 22.0. The van der Waals surface area contributed by atoms with Gasteiger partial charge in [0.2, 0.25) is 0 Å². The number of amides is 1. The van der Waals surface area contributed by atoms with Crippen molar-refractivity contribution in [1.29, 1.82) is 0 Å². The number of carbonyl (C=O) groups excluding carboxylic acids is 1. The lowest BCUT2D eigenvalue weighted by Crippen LogP contribution is -2.54. The number of halogens is 4. The van der Waals surface area contributed by atoms with Crippen LogP contribution in [0, 0.1) is 24.0 Å². The topological polar surface area (TPSA) is 87.6 Å². The predicted molar refractivity (Wildman–Crippen MR) is 193 cm³/mol.